The first-order valence-corrected chi connectivity index (χ1v) is 9.38. The van der Waals surface area contributed by atoms with Crippen molar-refractivity contribution in [1.82, 2.24) is 4.90 Å². The van der Waals surface area contributed by atoms with E-state index in [1.807, 2.05) is 0 Å². The number of carbonyl (C=O) groups excluding carboxylic acids is 3. The van der Waals surface area contributed by atoms with E-state index < -0.39 is 12.0 Å². The number of allylic oxidation sites excluding steroid dienone is 2. The number of nitrogens with zero attached hydrogens (tertiary/aromatic N) is 1. The lowest BCUT2D eigenvalue weighted by molar-refractivity contribution is -0.152. The number of amides is 2. The molecule has 5 aliphatic rings. The summed E-state index contributed by atoms with van der Waals surface area (Å²) in [6, 6.07) is 5.67. The summed E-state index contributed by atoms with van der Waals surface area (Å²) in [6.07, 6.45) is 5.34. The average molecular weight is 372 g/mol. The molecule has 2 bridgehead atoms. The van der Waals surface area contributed by atoms with Gasteiger partial charge in [-0.1, -0.05) is 35.9 Å². The zero-order valence-corrected chi connectivity index (χ0v) is 14.9. The van der Waals surface area contributed by atoms with Crippen LogP contribution in [0.2, 0.25) is 5.02 Å². The molecule has 134 valence electrons. The molecule has 1 heterocycles. The molecule has 0 spiro atoms. The Bertz CT molecular complexity index is 829. The Kier molecular flexibility index (Phi) is 3.35. The Balaban J connectivity index is 1.39. The number of likely N-dealkylation sites (tertiary alicyclic amines) is 1. The number of ether oxygens (including phenoxy) is 1. The minimum Gasteiger partial charge on any atom is -0.423 e. The van der Waals surface area contributed by atoms with E-state index in [1.54, 1.807) is 31.2 Å². The molecule has 3 fully saturated rings. The normalized spacial score (nSPS) is 37.4. The van der Waals surface area contributed by atoms with E-state index in [9.17, 15) is 14.4 Å². The van der Waals surface area contributed by atoms with Gasteiger partial charge >= 0.3 is 5.97 Å². The molecular formula is C20H18ClNO4. The number of carbonyl (C=O) groups is 3. The predicted molar refractivity (Wildman–Crippen MR) is 93.1 cm³/mol. The summed E-state index contributed by atoms with van der Waals surface area (Å²) in [6.45, 7) is 1.54. The monoisotopic (exact) mass is 371 g/mol. The van der Waals surface area contributed by atoms with Gasteiger partial charge in [0, 0.05) is 0 Å². The smallest absolute Gasteiger partial charge is 0.334 e. The van der Waals surface area contributed by atoms with Crippen LogP contribution < -0.4 is 4.74 Å². The average Bonchev–Trinajstić information content (AvgIpc) is 3.41. The molecule has 6 heteroatoms. The molecule has 1 aromatic carbocycles. The van der Waals surface area contributed by atoms with E-state index in [4.69, 9.17) is 16.3 Å². The standard InChI is InChI=1S/C20H18ClNO4/c1-9(20(25)26-15-5-3-2-4-14(15)21)22-18(23)16-10-6-7-11(13-8-12(10)13)17(16)19(22)24/h2-7,9-13,16-17H,8H2,1H3/t9-,10-,11-,12-,13+,16+,17-/m1/s1. The fourth-order valence-corrected chi connectivity index (χ4v) is 5.36. The number of halogens is 1. The van der Waals surface area contributed by atoms with Crippen LogP contribution in [0.4, 0.5) is 0 Å². The summed E-state index contributed by atoms with van der Waals surface area (Å²) in [5.74, 6) is -0.141. The molecule has 6 rings (SSSR count). The van der Waals surface area contributed by atoms with Crippen molar-refractivity contribution in [3.8, 4) is 5.75 Å². The third kappa shape index (κ3) is 2.07. The first kappa shape index (κ1) is 16.1. The summed E-state index contributed by atoms with van der Waals surface area (Å²) in [5, 5.41) is 0.308. The highest BCUT2D eigenvalue weighted by atomic mass is 35.5. The number of hydrogen-bond acceptors (Lipinski definition) is 4. The second-order valence-corrected chi connectivity index (χ2v) is 8.14. The summed E-state index contributed by atoms with van der Waals surface area (Å²) in [5.41, 5.74) is 0. The topological polar surface area (TPSA) is 63.7 Å². The van der Waals surface area contributed by atoms with Gasteiger partial charge < -0.3 is 4.74 Å². The van der Waals surface area contributed by atoms with Crippen molar-refractivity contribution in [3.63, 3.8) is 0 Å². The Morgan fingerprint density at radius 2 is 1.69 bits per heavy atom. The Hall–Kier alpha value is -2.14. The first-order valence-electron chi connectivity index (χ1n) is 9.00. The van der Waals surface area contributed by atoms with Crippen LogP contribution in [-0.2, 0) is 14.4 Å². The predicted octanol–water partition coefficient (Wildman–Crippen LogP) is 2.69. The van der Waals surface area contributed by atoms with Crippen molar-refractivity contribution < 1.29 is 19.1 Å². The van der Waals surface area contributed by atoms with Gasteiger partial charge in [0.25, 0.3) is 0 Å². The molecule has 7 atom stereocenters. The van der Waals surface area contributed by atoms with Crippen LogP contribution in [0.3, 0.4) is 0 Å². The fraction of sp³-hybridized carbons (Fsp3) is 0.450. The van der Waals surface area contributed by atoms with Gasteiger partial charge in [0.1, 0.15) is 11.8 Å². The van der Waals surface area contributed by atoms with Crippen molar-refractivity contribution in [2.45, 2.75) is 19.4 Å². The van der Waals surface area contributed by atoms with E-state index in [0.29, 0.717) is 16.9 Å². The molecule has 1 saturated heterocycles. The molecule has 4 aliphatic carbocycles. The molecule has 0 radical (unpaired) electrons. The van der Waals surface area contributed by atoms with Crippen LogP contribution in [0, 0.1) is 35.5 Å². The summed E-state index contributed by atoms with van der Waals surface area (Å²) in [4.78, 5) is 39.7. The maximum Gasteiger partial charge on any atom is 0.334 e. The van der Waals surface area contributed by atoms with Crippen LogP contribution in [0.5, 0.6) is 5.75 Å². The third-order valence-corrected chi connectivity index (χ3v) is 6.78. The van der Waals surface area contributed by atoms with Gasteiger partial charge in [0.05, 0.1) is 16.9 Å². The molecular weight excluding hydrogens is 354 g/mol. The number of esters is 1. The molecule has 0 N–H and O–H groups in total. The van der Waals surface area contributed by atoms with E-state index in [1.165, 1.54) is 0 Å². The minimum absolute atomic E-state index is 0.142. The van der Waals surface area contributed by atoms with Gasteiger partial charge in [0.2, 0.25) is 11.8 Å². The number of rotatable bonds is 3. The number of benzene rings is 1. The summed E-state index contributed by atoms with van der Waals surface area (Å²) < 4.78 is 5.34. The van der Waals surface area contributed by atoms with Gasteiger partial charge in [-0.05, 0) is 49.1 Å². The van der Waals surface area contributed by atoms with Gasteiger partial charge in [-0.3, -0.25) is 14.5 Å². The Labute approximate surface area is 155 Å². The molecule has 5 nitrogen and oxygen atoms in total. The lowest BCUT2D eigenvalue weighted by Gasteiger charge is -2.37. The highest BCUT2D eigenvalue weighted by Gasteiger charge is 2.67. The maximum atomic E-state index is 13.0. The number of hydrogen-bond donors (Lipinski definition) is 0. The molecule has 26 heavy (non-hydrogen) atoms. The van der Waals surface area contributed by atoms with E-state index in [2.05, 4.69) is 12.2 Å². The minimum atomic E-state index is -0.965. The van der Waals surface area contributed by atoms with Gasteiger partial charge in [-0.2, -0.15) is 0 Å². The highest BCUT2D eigenvalue weighted by Crippen LogP contribution is 2.65. The van der Waals surface area contributed by atoms with Gasteiger partial charge in [-0.25, -0.2) is 4.79 Å². The van der Waals surface area contributed by atoms with Crippen molar-refractivity contribution in [1.29, 1.82) is 0 Å². The third-order valence-electron chi connectivity index (χ3n) is 6.47. The molecule has 0 aromatic heterocycles. The van der Waals surface area contributed by atoms with Crippen LogP contribution in [-0.4, -0.2) is 28.7 Å². The van der Waals surface area contributed by atoms with Crippen LogP contribution in [0.15, 0.2) is 36.4 Å². The molecule has 2 saturated carbocycles. The van der Waals surface area contributed by atoms with E-state index in [0.717, 1.165) is 11.3 Å². The van der Waals surface area contributed by atoms with Crippen molar-refractivity contribution in [3.05, 3.63) is 41.4 Å². The van der Waals surface area contributed by atoms with Gasteiger partial charge in [0.15, 0.2) is 0 Å². The van der Waals surface area contributed by atoms with Gasteiger partial charge in [-0.15, -0.1) is 0 Å². The lowest BCUT2D eigenvalue weighted by atomic mass is 9.63. The lowest BCUT2D eigenvalue weighted by Crippen LogP contribution is -2.45. The second kappa shape index (κ2) is 5.43. The fourth-order valence-electron chi connectivity index (χ4n) is 5.19. The van der Waals surface area contributed by atoms with Crippen molar-refractivity contribution in [2.75, 3.05) is 0 Å². The Morgan fingerprint density at radius 1 is 1.12 bits per heavy atom. The Morgan fingerprint density at radius 3 is 2.27 bits per heavy atom. The zero-order chi connectivity index (χ0) is 18.2. The van der Waals surface area contributed by atoms with Crippen molar-refractivity contribution >= 4 is 29.4 Å². The highest BCUT2D eigenvalue weighted by molar-refractivity contribution is 6.32. The van der Waals surface area contributed by atoms with E-state index >= 15 is 0 Å². The maximum absolute atomic E-state index is 13.0. The van der Waals surface area contributed by atoms with E-state index in [-0.39, 0.29) is 41.2 Å². The molecule has 2 amide bonds. The molecule has 0 unspecified atom stereocenters. The number of imide groups is 1. The molecule has 1 aliphatic heterocycles. The summed E-state index contributed by atoms with van der Waals surface area (Å²) in [7, 11) is 0. The quantitative estimate of drug-likeness (QED) is 0.354. The zero-order valence-electron chi connectivity index (χ0n) is 14.2. The largest absolute Gasteiger partial charge is 0.423 e. The first-order chi connectivity index (χ1) is 12.5. The SMILES string of the molecule is C[C@H](C(=O)Oc1ccccc1Cl)N1C(=O)[C@@H]2[C@@H]3C=C[C@H]([C@H]4C[C@@H]34)[C@@H]2C1=O. The summed E-state index contributed by atoms with van der Waals surface area (Å²) >= 11 is 6.02. The van der Waals surface area contributed by atoms with Crippen LogP contribution in [0.25, 0.3) is 0 Å². The number of para-hydroxylation sites is 1. The van der Waals surface area contributed by atoms with Crippen LogP contribution >= 0.6 is 11.6 Å². The van der Waals surface area contributed by atoms with Crippen molar-refractivity contribution in [2.24, 2.45) is 35.5 Å². The second-order valence-electron chi connectivity index (χ2n) is 7.73. The van der Waals surface area contributed by atoms with Crippen LogP contribution in [0.1, 0.15) is 13.3 Å². The molecule has 1 aromatic rings.